The molecule has 0 aromatic rings. The average Bonchev–Trinajstić information content (AvgIpc) is 2.27. The molecule has 0 saturated carbocycles. The maximum absolute atomic E-state index is 11.8. The minimum absolute atomic E-state index is 0.0291. The van der Waals surface area contributed by atoms with Gasteiger partial charge in [-0.3, -0.25) is 9.59 Å². The van der Waals surface area contributed by atoms with Crippen molar-refractivity contribution in [3.8, 4) is 0 Å². The molecule has 2 saturated heterocycles. The number of nitrogens with zero attached hydrogens (tertiary/aromatic N) is 2. The van der Waals surface area contributed by atoms with Gasteiger partial charge in [0.15, 0.2) is 0 Å². The summed E-state index contributed by atoms with van der Waals surface area (Å²) in [6.45, 7) is 5.94. The molecule has 0 N–H and O–H groups in total. The van der Waals surface area contributed by atoms with E-state index in [0.717, 1.165) is 32.5 Å². The first-order valence-electron chi connectivity index (χ1n) is 6.47. The van der Waals surface area contributed by atoms with E-state index in [9.17, 15) is 9.59 Å². The Bertz CT molecular complexity index is 319. The Morgan fingerprint density at radius 2 is 1.82 bits per heavy atom. The fraction of sp³-hybridized carbons (Fsp3) is 0.846. The van der Waals surface area contributed by atoms with E-state index in [1.165, 1.54) is 0 Å². The molecule has 0 spiro atoms. The van der Waals surface area contributed by atoms with E-state index in [0.29, 0.717) is 13.0 Å². The molecule has 2 aliphatic heterocycles. The summed E-state index contributed by atoms with van der Waals surface area (Å²) < 4.78 is 0. The first-order valence-corrected chi connectivity index (χ1v) is 6.47. The summed E-state index contributed by atoms with van der Waals surface area (Å²) >= 11 is 0. The van der Waals surface area contributed by atoms with E-state index in [2.05, 4.69) is 18.9 Å². The Balaban J connectivity index is 1.91. The van der Waals surface area contributed by atoms with Gasteiger partial charge in [-0.1, -0.05) is 6.92 Å². The van der Waals surface area contributed by atoms with Crippen LogP contribution in [0.15, 0.2) is 0 Å². The van der Waals surface area contributed by atoms with Crippen molar-refractivity contribution in [1.82, 2.24) is 9.80 Å². The maximum atomic E-state index is 11.8. The summed E-state index contributed by atoms with van der Waals surface area (Å²) in [6.07, 6.45) is 2.94. The molecule has 0 unspecified atom stereocenters. The van der Waals surface area contributed by atoms with E-state index in [-0.39, 0.29) is 23.5 Å². The van der Waals surface area contributed by atoms with Gasteiger partial charge in [-0.15, -0.1) is 0 Å². The number of ketones is 1. The van der Waals surface area contributed by atoms with Crippen LogP contribution in [0, 0.1) is 5.41 Å². The smallest absolute Gasteiger partial charge is 0.230 e. The molecule has 0 aromatic carbocycles. The molecule has 2 fully saturated rings. The SMILES string of the molecule is CN1CCC(C)(CN2CCC(=O)CC2=O)CC1. The molecule has 0 aromatic heterocycles. The quantitative estimate of drug-likeness (QED) is 0.671. The van der Waals surface area contributed by atoms with Crippen LogP contribution in [-0.4, -0.2) is 54.7 Å². The Morgan fingerprint density at radius 1 is 1.18 bits per heavy atom. The zero-order valence-corrected chi connectivity index (χ0v) is 10.9. The highest BCUT2D eigenvalue weighted by Crippen LogP contribution is 2.32. The number of piperidine rings is 2. The van der Waals surface area contributed by atoms with Crippen molar-refractivity contribution in [3.63, 3.8) is 0 Å². The van der Waals surface area contributed by atoms with Gasteiger partial charge in [0.05, 0.1) is 6.42 Å². The van der Waals surface area contributed by atoms with Crippen molar-refractivity contribution in [3.05, 3.63) is 0 Å². The topological polar surface area (TPSA) is 40.6 Å². The first-order chi connectivity index (χ1) is 7.98. The molecular weight excluding hydrogens is 216 g/mol. The highest BCUT2D eigenvalue weighted by Gasteiger charge is 2.34. The molecular formula is C13H22N2O2. The molecule has 2 aliphatic rings. The zero-order chi connectivity index (χ0) is 12.5. The van der Waals surface area contributed by atoms with Gasteiger partial charge in [-0.25, -0.2) is 0 Å². The van der Waals surface area contributed by atoms with Crippen LogP contribution in [0.5, 0.6) is 0 Å². The molecule has 4 heteroatoms. The van der Waals surface area contributed by atoms with Crippen molar-refractivity contribution in [2.45, 2.75) is 32.6 Å². The second-order valence-corrected chi connectivity index (χ2v) is 5.89. The van der Waals surface area contributed by atoms with Gasteiger partial charge in [0.1, 0.15) is 5.78 Å². The van der Waals surface area contributed by atoms with Crippen molar-refractivity contribution in [1.29, 1.82) is 0 Å². The summed E-state index contributed by atoms with van der Waals surface area (Å²) in [5, 5.41) is 0. The van der Waals surface area contributed by atoms with Gasteiger partial charge >= 0.3 is 0 Å². The monoisotopic (exact) mass is 238 g/mol. The van der Waals surface area contributed by atoms with Crippen molar-refractivity contribution in [2.24, 2.45) is 5.41 Å². The van der Waals surface area contributed by atoms with Crippen LogP contribution in [0.3, 0.4) is 0 Å². The third-order valence-electron chi connectivity index (χ3n) is 4.13. The van der Waals surface area contributed by atoms with Crippen molar-refractivity contribution >= 4 is 11.7 Å². The molecule has 2 heterocycles. The summed E-state index contributed by atoms with van der Waals surface area (Å²) in [5.41, 5.74) is 0.239. The fourth-order valence-corrected chi connectivity index (χ4v) is 2.70. The number of hydrogen-bond acceptors (Lipinski definition) is 3. The lowest BCUT2D eigenvalue weighted by atomic mass is 9.79. The summed E-state index contributed by atoms with van der Waals surface area (Å²) in [6, 6.07) is 0. The van der Waals surface area contributed by atoms with Crippen molar-refractivity contribution < 1.29 is 9.59 Å². The predicted octanol–water partition coefficient (Wildman–Crippen LogP) is 0.910. The highest BCUT2D eigenvalue weighted by molar-refractivity contribution is 6.00. The molecule has 2 rings (SSSR count). The Kier molecular flexibility index (Phi) is 3.52. The van der Waals surface area contributed by atoms with Gasteiger partial charge in [-0.05, 0) is 38.4 Å². The van der Waals surface area contributed by atoms with Crippen LogP contribution < -0.4 is 0 Å². The summed E-state index contributed by atoms with van der Waals surface area (Å²) in [7, 11) is 2.14. The van der Waals surface area contributed by atoms with Gasteiger partial charge in [0.2, 0.25) is 5.91 Å². The number of amides is 1. The molecule has 96 valence electrons. The van der Waals surface area contributed by atoms with Crippen LogP contribution in [0.1, 0.15) is 32.6 Å². The third kappa shape index (κ3) is 3.06. The van der Waals surface area contributed by atoms with Gasteiger partial charge in [0, 0.05) is 19.5 Å². The number of rotatable bonds is 2. The number of carbonyl (C=O) groups excluding carboxylic acids is 2. The van der Waals surface area contributed by atoms with E-state index >= 15 is 0 Å². The number of hydrogen-bond donors (Lipinski definition) is 0. The zero-order valence-electron chi connectivity index (χ0n) is 10.9. The number of carbonyl (C=O) groups is 2. The Labute approximate surface area is 103 Å². The molecule has 0 bridgehead atoms. The Morgan fingerprint density at radius 3 is 2.41 bits per heavy atom. The van der Waals surface area contributed by atoms with Crippen LogP contribution >= 0.6 is 0 Å². The number of Topliss-reactive ketones (excluding diaryl/α,β-unsaturated/α-hetero) is 1. The largest absolute Gasteiger partial charge is 0.341 e. The van der Waals surface area contributed by atoms with Gasteiger partial charge in [0.25, 0.3) is 0 Å². The fourth-order valence-electron chi connectivity index (χ4n) is 2.70. The molecule has 17 heavy (non-hydrogen) atoms. The van der Waals surface area contributed by atoms with Crippen LogP contribution in [0.25, 0.3) is 0 Å². The summed E-state index contributed by atoms with van der Waals surface area (Å²) in [4.78, 5) is 27.2. The van der Waals surface area contributed by atoms with Crippen LogP contribution in [-0.2, 0) is 9.59 Å². The summed E-state index contributed by atoms with van der Waals surface area (Å²) in [5.74, 6) is 0.126. The van der Waals surface area contributed by atoms with Crippen LogP contribution in [0.2, 0.25) is 0 Å². The lowest BCUT2D eigenvalue weighted by molar-refractivity contribution is -0.141. The molecule has 4 nitrogen and oxygen atoms in total. The van der Waals surface area contributed by atoms with Gasteiger partial charge < -0.3 is 9.80 Å². The van der Waals surface area contributed by atoms with Crippen molar-refractivity contribution in [2.75, 3.05) is 33.2 Å². The molecule has 1 amide bonds. The first kappa shape index (κ1) is 12.6. The van der Waals surface area contributed by atoms with E-state index < -0.39 is 0 Å². The van der Waals surface area contributed by atoms with Crippen LogP contribution in [0.4, 0.5) is 0 Å². The average molecular weight is 238 g/mol. The second-order valence-electron chi connectivity index (χ2n) is 5.89. The minimum atomic E-state index is 0.0291. The highest BCUT2D eigenvalue weighted by atomic mass is 16.2. The Hall–Kier alpha value is -0.900. The van der Waals surface area contributed by atoms with E-state index in [4.69, 9.17) is 0 Å². The van der Waals surface area contributed by atoms with E-state index in [1.54, 1.807) is 0 Å². The normalized spacial score (nSPS) is 26.4. The standard InChI is InChI=1S/C13H22N2O2/c1-13(4-7-14(2)8-5-13)10-15-6-3-11(16)9-12(15)17/h3-10H2,1-2H3. The molecule has 0 aliphatic carbocycles. The maximum Gasteiger partial charge on any atom is 0.230 e. The molecule has 0 radical (unpaired) electrons. The third-order valence-corrected chi connectivity index (χ3v) is 4.13. The predicted molar refractivity (Wildman–Crippen MR) is 65.7 cm³/mol. The molecule has 0 atom stereocenters. The van der Waals surface area contributed by atoms with Gasteiger partial charge in [-0.2, -0.15) is 0 Å². The minimum Gasteiger partial charge on any atom is -0.341 e. The lowest BCUT2D eigenvalue weighted by Crippen LogP contribution is -2.48. The lowest BCUT2D eigenvalue weighted by Gasteiger charge is -2.42. The second kappa shape index (κ2) is 4.77. The van der Waals surface area contributed by atoms with E-state index in [1.807, 2.05) is 4.90 Å². The number of likely N-dealkylation sites (tertiary alicyclic amines) is 2.